The highest BCUT2D eigenvalue weighted by Gasteiger charge is 2.51. The lowest BCUT2D eigenvalue weighted by molar-refractivity contribution is -0.144. The van der Waals surface area contributed by atoms with Crippen molar-refractivity contribution in [3.63, 3.8) is 0 Å². The summed E-state index contributed by atoms with van der Waals surface area (Å²) in [5, 5.41) is 12.4. The molecular formula is C15H24N2O3. The van der Waals surface area contributed by atoms with E-state index < -0.39 is 5.97 Å². The van der Waals surface area contributed by atoms with Crippen LogP contribution in [0.15, 0.2) is 0 Å². The number of carbonyl (C=O) groups is 2. The number of nitrogens with zero attached hydrogens (tertiary/aromatic N) is 1. The van der Waals surface area contributed by atoms with Crippen molar-refractivity contribution >= 4 is 12.0 Å². The minimum atomic E-state index is -0.740. The molecule has 2 bridgehead atoms. The Morgan fingerprint density at radius 1 is 1.25 bits per heavy atom. The average Bonchev–Trinajstić information content (AvgIpc) is 3.13. The zero-order valence-corrected chi connectivity index (χ0v) is 12.0. The third kappa shape index (κ3) is 2.27. The van der Waals surface area contributed by atoms with E-state index in [-0.39, 0.29) is 23.9 Å². The number of fused-ring (bicyclic) bond motifs is 2. The summed E-state index contributed by atoms with van der Waals surface area (Å²) in [7, 11) is 0. The van der Waals surface area contributed by atoms with Gasteiger partial charge in [0.1, 0.15) is 0 Å². The first kappa shape index (κ1) is 13.7. The summed E-state index contributed by atoms with van der Waals surface area (Å²) in [5.74, 6) is 0.132. The number of hydrogen-bond donors (Lipinski definition) is 2. The molecule has 5 heteroatoms. The summed E-state index contributed by atoms with van der Waals surface area (Å²) >= 11 is 0. The Bertz CT molecular complexity index is 412. The van der Waals surface area contributed by atoms with Crippen LogP contribution >= 0.6 is 0 Å². The summed E-state index contributed by atoms with van der Waals surface area (Å²) in [4.78, 5) is 25.6. The topological polar surface area (TPSA) is 69.6 Å². The Kier molecular flexibility index (Phi) is 3.61. The number of amides is 2. The Morgan fingerprint density at radius 3 is 2.65 bits per heavy atom. The highest BCUT2D eigenvalue weighted by atomic mass is 16.4. The number of hydrogen-bond acceptors (Lipinski definition) is 2. The van der Waals surface area contributed by atoms with Gasteiger partial charge in [0, 0.05) is 19.1 Å². The van der Waals surface area contributed by atoms with Gasteiger partial charge < -0.3 is 15.3 Å². The van der Waals surface area contributed by atoms with Crippen LogP contribution in [0.1, 0.15) is 39.0 Å². The number of rotatable bonds is 3. The molecule has 5 unspecified atom stereocenters. The fourth-order valence-corrected chi connectivity index (χ4v) is 4.44. The van der Waals surface area contributed by atoms with Crippen LogP contribution in [0.5, 0.6) is 0 Å². The lowest BCUT2D eigenvalue weighted by Crippen LogP contribution is -2.51. The van der Waals surface area contributed by atoms with E-state index in [9.17, 15) is 14.7 Å². The molecule has 3 aliphatic rings. The molecule has 5 nitrogen and oxygen atoms in total. The highest BCUT2D eigenvalue weighted by Crippen LogP contribution is 2.48. The summed E-state index contributed by atoms with van der Waals surface area (Å²) in [6.45, 7) is 3.78. The van der Waals surface area contributed by atoms with Crippen LogP contribution in [0.4, 0.5) is 4.79 Å². The van der Waals surface area contributed by atoms with Gasteiger partial charge in [0.05, 0.1) is 5.92 Å². The molecule has 0 aromatic heterocycles. The number of carboxylic acids is 1. The maximum Gasteiger partial charge on any atom is 0.317 e. The Morgan fingerprint density at radius 2 is 2.00 bits per heavy atom. The maximum absolute atomic E-state index is 12.3. The number of urea groups is 1. The van der Waals surface area contributed by atoms with E-state index in [1.54, 1.807) is 0 Å². The SMILES string of the molecule is CCC1CCN(C(=O)NC2C3CCC(C3)C2C(=O)O)C1. The normalized spacial score (nSPS) is 39.2. The zero-order valence-electron chi connectivity index (χ0n) is 12.0. The molecule has 0 spiro atoms. The summed E-state index contributed by atoms with van der Waals surface area (Å²) in [6.07, 6.45) is 5.23. The lowest BCUT2D eigenvalue weighted by atomic mass is 9.84. The van der Waals surface area contributed by atoms with E-state index in [0.717, 1.165) is 45.2 Å². The van der Waals surface area contributed by atoms with Gasteiger partial charge in [-0.25, -0.2) is 4.79 Å². The van der Waals surface area contributed by atoms with Crippen molar-refractivity contribution in [2.24, 2.45) is 23.7 Å². The minimum Gasteiger partial charge on any atom is -0.481 e. The van der Waals surface area contributed by atoms with E-state index in [4.69, 9.17) is 0 Å². The average molecular weight is 280 g/mol. The van der Waals surface area contributed by atoms with E-state index in [1.807, 2.05) is 4.90 Å². The van der Waals surface area contributed by atoms with Crippen LogP contribution in [-0.4, -0.2) is 41.1 Å². The largest absolute Gasteiger partial charge is 0.481 e. The fraction of sp³-hybridized carbons (Fsp3) is 0.867. The monoisotopic (exact) mass is 280 g/mol. The Labute approximate surface area is 119 Å². The van der Waals surface area contributed by atoms with Gasteiger partial charge in [-0.2, -0.15) is 0 Å². The van der Waals surface area contributed by atoms with Gasteiger partial charge in [0.15, 0.2) is 0 Å². The molecule has 1 saturated heterocycles. The number of aliphatic carboxylic acids is 1. The predicted octanol–water partition coefficient (Wildman–Crippen LogP) is 1.93. The lowest BCUT2D eigenvalue weighted by Gasteiger charge is -2.30. The van der Waals surface area contributed by atoms with Crippen LogP contribution in [-0.2, 0) is 4.79 Å². The van der Waals surface area contributed by atoms with Crippen molar-refractivity contribution in [3.05, 3.63) is 0 Å². The Balaban J connectivity index is 1.62. The van der Waals surface area contributed by atoms with E-state index in [1.165, 1.54) is 0 Å². The van der Waals surface area contributed by atoms with Gasteiger partial charge in [0.2, 0.25) is 0 Å². The van der Waals surface area contributed by atoms with Crippen molar-refractivity contribution in [1.82, 2.24) is 10.2 Å². The molecular weight excluding hydrogens is 256 g/mol. The second-order valence-electron chi connectivity index (χ2n) is 6.68. The number of likely N-dealkylation sites (tertiary alicyclic amines) is 1. The van der Waals surface area contributed by atoms with Crippen LogP contribution in [0, 0.1) is 23.7 Å². The molecule has 0 radical (unpaired) electrons. The molecule has 2 N–H and O–H groups in total. The molecule has 2 aliphatic carbocycles. The van der Waals surface area contributed by atoms with Gasteiger partial charge in [-0.1, -0.05) is 13.3 Å². The standard InChI is InChI=1S/C15H24N2O3/c1-2-9-5-6-17(8-9)15(20)16-13-11-4-3-10(7-11)12(13)14(18)19/h9-13H,2-8H2,1H3,(H,16,20)(H,18,19). The second kappa shape index (κ2) is 5.26. The molecule has 112 valence electrons. The Hall–Kier alpha value is -1.26. The molecule has 0 aromatic rings. The third-order valence-corrected chi connectivity index (χ3v) is 5.64. The van der Waals surface area contributed by atoms with E-state index >= 15 is 0 Å². The second-order valence-corrected chi connectivity index (χ2v) is 6.68. The van der Waals surface area contributed by atoms with Crippen LogP contribution in [0.2, 0.25) is 0 Å². The van der Waals surface area contributed by atoms with Gasteiger partial charge >= 0.3 is 12.0 Å². The molecule has 1 aliphatic heterocycles. The van der Waals surface area contributed by atoms with Crippen molar-refractivity contribution in [2.75, 3.05) is 13.1 Å². The summed E-state index contributed by atoms with van der Waals surface area (Å²) in [6, 6.07) is -0.204. The van der Waals surface area contributed by atoms with E-state index in [2.05, 4.69) is 12.2 Å². The molecule has 3 fully saturated rings. The molecule has 3 rings (SSSR count). The number of carbonyl (C=O) groups excluding carboxylic acids is 1. The summed E-state index contributed by atoms with van der Waals surface area (Å²) in [5.41, 5.74) is 0. The van der Waals surface area contributed by atoms with E-state index in [0.29, 0.717) is 11.8 Å². The molecule has 1 heterocycles. The zero-order chi connectivity index (χ0) is 14.3. The summed E-state index contributed by atoms with van der Waals surface area (Å²) < 4.78 is 0. The number of nitrogens with one attached hydrogen (secondary N) is 1. The molecule has 20 heavy (non-hydrogen) atoms. The molecule has 2 amide bonds. The quantitative estimate of drug-likeness (QED) is 0.830. The number of carboxylic acid groups (broad SMARTS) is 1. The first-order chi connectivity index (χ1) is 9.60. The van der Waals surface area contributed by atoms with Gasteiger partial charge in [-0.15, -0.1) is 0 Å². The molecule has 2 saturated carbocycles. The van der Waals surface area contributed by atoms with Crippen LogP contribution < -0.4 is 5.32 Å². The first-order valence-electron chi connectivity index (χ1n) is 7.88. The van der Waals surface area contributed by atoms with Gasteiger partial charge in [-0.3, -0.25) is 4.79 Å². The van der Waals surface area contributed by atoms with Gasteiger partial charge in [0.25, 0.3) is 0 Å². The van der Waals surface area contributed by atoms with Crippen molar-refractivity contribution in [3.8, 4) is 0 Å². The van der Waals surface area contributed by atoms with Crippen molar-refractivity contribution in [1.29, 1.82) is 0 Å². The van der Waals surface area contributed by atoms with Crippen molar-refractivity contribution < 1.29 is 14.7 Å². The first-order valence-corrected chi connectivity index (χ1v) is 7.88. The third-order valence-electron chi connectivity index (χ3n) is 5.64. The minimum absolute atomic E-state index is 0.0512. The van der Waals surface area contributed by atoms with Gasteiger partial charge in [-0.05, 0) is 43.4 Å². The van der Waals surface area contributed by atoms with Crippen LogP contribution in [0.25, 0.3) is 0 Å². The van der Waals surface area contributed by atoms with Crippen LogP contribution in [0.3, 0.4) is 0 Å². The smallest absolute Gasteiger partial charge is 0.317 e. The highest BCUT2D eigenvalue weighted by molar-refractivity contribution is 5.78. The molecule has 0 aromatic carbocycles. The predicted molar refractivity (Wildman–Crippen MR) is 74.2 cm³/mol. The molecule has 5 atom stereocenters. The maximum atomic E-state index is 12.3. The van der Waals surface area contributed by atoms with Crippen molar-refractivity contribution in [2.45, 2.75) is 45.1 Å². The fourth-order valence-electron chi connectivity index (χ4n) is 4.44.